The summed E-state index contributed by atoms with van der Waals surface area (Å²) in [5, 5.41) is 0. The van der Waals surface area contributed by atoms with E-state index in [0.717, 1.165) is 0 Å². The van der Waals surface area contributed by atoms with Crippen LogP contribution in [-0.4, -0.2) is 37.5 Å². The molecule has 0 atom stereocenters. The predicted octanol–water partition coefficient (Wildman–Crippen LogP) is 1.08. The van der Waals surface area contributed by atoms with E-state index in [1.165, 1.54) is 18.9 Å². The minimum absolute atomic E-state index is 0.0681. The van der Waals surface area contributed by atoms with Gasteiger partial charge in [0.25, 0.3) is 0 Å². The number of methoxy groups -OCH3 is 1. The van der Waals surface area contributed by atoms with Crippen LogP contribution in [-0.2, 0) is 9.59 Å². The number of rotatable bonds is 4. The zero-order chi connectivity index (χ0) is 12.8. The molecule has 0 spiro atoms. The maximum Gasteiger partial charge on any atom is 0.331 e. The van der Waals surface area contributed by atoms with Crippen molar-refractivity contribution in [2.24, 2.45) is 0 Å². The molecule has 0 heterocycles. The van der Waals surface area contributed by atoms with Crippen LogP contribution in [0.2, 0.25) is 0 Å². The van der Waals surface area contributed by atoms with E-state index in [1.54, 1.807) is 31.4 Å². The quantitative estimate of drug-likeness (QED) is 0.581. The number of carbonyl (C=O) groups excluding carboxylic acids is 2. The van der Waals surface area contributed by atoms with Crippen molar-refractivity contribution in [1.82, 2.24) is 4.90 Å². The first-order valence-corrected chi connectivity index (χ1v) is 5.09. The number of carbonyl (C=O) groups is 2. The molecule has 5 nitrogen and oxygen atoms in total. The molecule has 0 N–H and O–H groups in total. The minimum atomic E-state index is -0.479. The van der Waals surface area contributed by atoms with Gasteiger partial charge in [-0.1, -0.05) is 0 Å². The average molecular weight is 237 g/mol. The van der Waals surface area contributed by atoms with Crippen LogP contribution < -0.4 is 9.47 Å². The SMILES string of the molecule is COc1ccc(OC(=O)CN(C)C(C)=O)cc1. The number of nitrogens with zero attached hydrogens (tertiary/aromatic N) is 1. The second-order valence-electron chi connectivity index (χ2n) is 3.52. The zero-order valence-corrected chi connectivity index (χ0v) is 10.1. The molecule has 1 aromatic carbocycles. The predicted molar refractivity (Wildman–Crippen MR) is 61.9 cm³/mol. The molecule has 0 aliphatic rings. The van der Waals surface area contributed by atoms with Gasteiger partial charge in [-0.05, 0) is 24.3 Å². The third-order valence-electron chi connectivity index (χ3n) is 2.19. The largest absolute Gasteiger partial charge is 0.497 e. The molecule has 0 aliphatic heterocycles. The van der Waals surface area contributed by atoms with E-state index in [0.29, 0.717) is 11.5 Å². The molecular weight excluding hydrogens is 222 g/mol. The Kier molecular flexibility index (Phi) is 4.51. The van der Waals surface area contributed by atoms with E-state index in [2.05, 4.69) is 0 Å². The molecule has 1 rings (SSSR count). The summed E-state index contributed by atoms with van der Waals surface area (Å²) in [5.74, 6) is 0.447. The van der Waals surface area contributed by atoms with Gasteiger partial charge in [-0.15, -0.1) is 0 Å². The number of likely N-dealkylation sites (N-methyl/N-ethyl adjacent to an activating group) is 1. The van der Waals surface area contributed by atoms with E-state index in [4.69, 9.17) is 9.47 Å². The third kappa shape index (κ3) is 4.14. The zero-order valence-electron chi connectivity index (χ0n) is 10.1. The van der Waals surface area contributed by atoms with Crippen LogP contribution >= 0.6 is 0 Å². The molecule has 92 valence electrons. The number of benzene rings is 1. The first kappa shape index (κ1) is 13.0. The Bertz CT molecular complexity index is 399. The maximum atomic E-state index is 11.4. The van der Waals surface area contributed by atoms with E-state index >= 15 is 0 Å². The molecule has 1 amide bonds. The first-order chi connectivity index (χ1) is 8.02. The van der Waals surface area contributed by atoms with Crippen LogP contribution in [0.1, 0.15) is 6.92 Å². The van der Waals surface area contributed by atoms with Crippen molar-refractivity contribution >= 4 is 11.9 Å². The van der Waals surface area contributed by atoms with Crippen LogP contribution in [0.15, 0.2) is 24.3 Å². The summed E-state index contributed by atoms with van der Waals surface area (Å²) in [5.41, 5.74) is 0. The molecule has 0 aromatic heterocycles. The van der Waals surface area contributed by atoms with E-state index in [9.17, 15) is 9.59 Å². The van der Waals surface area contributed by atoms with Crippen LogP contribution in [0, 0.1) is 0 Å². The summed E-state index contributed by atoms with van der Waals surface area (Å²) in [7, 11) is 3.10. The molecule has 0 aliphatic carbocycles. The lowest BCUT2D eigenvalue weighted by Gasteiger charge is -2.13. The van der Waals surface area contributed by atoms with Crippen LogP contribution in [0.3, 0.4) is 0 Å². The minimum Gasteiger partial charge on any atom is -0.497 e. The van der Waals surface area contributed by atoms with Gasteiger partial charge in [0, 0.05) is 14.0 Å². The van der Waals surface area contributed by atoms with Crippen molar-refractivity contribution in [1.29, 1.82) is 0 Å². The monoisotopic (exact) mass is 237 g/mol. The summed E-state index contributed by atoms with van der Waals surface area (Å²) in [6.07, 6.45) is 0. The molecular formula is C12H15NO4. The molecule has 17 heavy (non-hydrogen) atoms. The van der Waals surface area contributed by atoms with Crippen molar-refractivity contribution in [3.63, 3.8) is 0 Å². The molecule has 0 bridgehead atoms. The lowest BCUT2D eigenvalue weighted by Crippen LogP contribution is -2.32. The molecule has 0 unspecified atom stereocenters. The van der Waals surface area contributed by atoms with E-state index in [-0.39, 0.29) is 12.5 Å². The Morgan fingerprint density at radius 2 is 1.71 bits per heavy atom. The van der Waals surface area contributed by atoms with Gasteiger partial charge < -0.3 is 14.4 Å². The highest BCUT2D eigenvalue weighted by molar-refractivity contribution is 5.81. The van der Waals surface area contributed by atoms with Gasteiger partial charge in [-0.3, -0.25) is 4.79 Å². The second-order valence-corrected chi connectivity index (χ2v) is 3.52. The fourth-order valence-electron chi connectivity index (χ4n) is 1.11. The topological polar surface area (TPSA) is 55.8 Å². The number of esters is 1. The van der Waals surface area contributed by atoms with Crippen molar-refractivity contribution in [2.45, 2.75) is 6.92 Å². The fraction of sp³-hybridized carbons (Fsp3) is 0.333. The Balaban J connectivity index is 2.53. The van der Waals surface area contributed by atoms with Crippen molar-refractivity contribution in [3.05, 3.63) is 24.3 Å². The molecule has 0 fully saturated rings. The van der Waals surface area contributed by atoms with Crippen LogP contribution in [0.5, 0.6) is 11.5 Å². The summed E-state index contributed by atoms with van der Waals surface area (Å²) < 4.78 is 10.0. The van der Waals surface area contributed by atoms with Crippen LogP contribution in [0.4, 0.5) is 0 Å². The highest BCUT2D eigenvalue weighted by atomic mass is 16.5. The molecule has 1 aromatic rings. The third-order valence-corrected chi connectivity index (χ3v) is 2.19. The normalized spacial score (nSPS) is 9.59. The molecule has 5 heteroatoms. The van der Waals surface area contributed by atoms with Gasteiger partial charge >= 0.3 is 5.97 Å². The second kappa shape index (κ2) is 5.89. The van der Waals surface area contributed by atoms with Crippen LogP contribution in [0.25, 0.3) is 0 Å². The van der Waals surface area contributed by atoms with Crippen molar-refractivity contribution in [3.8, 4) is 11.5 Å². The van der Waals surface area contributed by atoms with Gasteiger partial charge in [-0.25, -0.2) is 4.79 Å². The average Bonchev–Trinajstić information content (AvgIpc) is 2.29. The Labute approximate surface area is 99.9 Å². The van der Waals surface area contributed by atoms with Gasteiger partial charge in [-0.2, -0.15) is 0 Å². The highest BCUT2D eigenvalue weighted by Gasteiger charge is 2.10. The summed E-state index contributed by atoms with van der Waals surface area (Å²) in [6, 6.07) is 6.64. The summed E-state index contributed by atoms with van der Waals surface area (Å²) in [6.45, 7) is 1.32. The summed E-state index contributed by atoms with van der Waals surface area (Å²) in [4.78, 5) is 23.6. The number of hydrogen-bond donors (Lipinski definition) is 0. The smallest absolute Gasteiger partial charge is 0.331 e. The molecule has 0 saturated carbocycles. The summed E-state index contributed by atoms with van der Waals surface area (Å²) >= 11 is 0. The standard InChI is InChI=1S/C12H15NO4/c1-9(14)13(2)8-12(15)17-11-6-4-10(16-3)5-7-11/h4-7H,8H2,1-3H3. The van der Waals surface area contributed by atoms with Crippen molar-refractivity contribution < 1.29 is 19.1 Å². The Morgan fingerprint density at radius 1 is 1.18 bits per heavy atom. The molecule has 0 saturated heterocycles. The van der Waals surface area contributed by atoms with Gasteiger partial charge in [0.1, 0.15) is 18.0 Å². The maximum absolute atomic E-state index is 11.4. The van der Waals surface area contributed by atoms with Gasteiger partial charge in [0.2, 0.25) is 5.91 Å². The number of ether oxygens (including phenoxy) is 2. The van der Waals surface area contributed by atoms with Gasteiger partial charge in [0.05, 0.1) is 7.11 Å². The van der Waals surface area contributed by atoms with Crippen molar-refractivity contribution in [2.75, 3.05) is 20.7 Å². The Hall–Kier alpha value is -2.04. The van der Waals surface area contributed by atoms with E-state index in [1.807, 2.05) is 0 Å². The Morgan fingerprint density at radius 3 is 2.18 bits per heavy atom. The number of hydrogen-bond acceptors (Lipinski definition) is 4. The first-order valence-electron chi connectivity index (χ1n) is 5.09. The number of amides is 1. The van der Waals surface area contributed by atoms with Gasteiger partial charge in [0.15, 0.2) is 0 Å². The van der Waals surface area contributed by atoms with E-state index < -0.39 is 5.97 Å². The fourth-order valence-corrected chi connectivity index (χ4v) is 1.11. The lowest BCUT2D eigenvalue weighted by atomic mass is 10.3. The molecule has 0 radical (unpaired) electrons. The highest BCUT2D eigenvalue weighted by Crippen LogP contribution is 2.17. The lowest BCUT2D eigenvalue weighted by molar-refractivity contribution is -0.140.